The molecule has 2 heterocycles. The molecular weight excluding hydrogens is 418 g/mol. The van der Waals surface area contributed by atoms with Crippen LogP contribution in [0.2, 0.25) is 0 Å². The third-order valence-corrected chi connectivity index (χ3v) is 6.80. The van der Waals surface area contributed by atoms with Gasteiger partial charge in [0.1, 0.15) is 6.10 Å². The van der Waals surface area contributed by atoms with E-state index >= 15 is 0 Å². The number of ether oxygens (including phenoxy) is 2. The molecule has 5 heteroatoms. The molecule has 148 valence electrons. The van der Waals surface area contributed by atoms with E-state index < -0.39 is 0 Å². The van der Waals surface area contributed by atoms with Crippen LogP contribution in [0.25, 0.3) is 0 Å². The van der Waals surface area contributed by atoms with Gasteiger partial charge in [0, 0.05) is 16.6 Å². The van der Waals surface area contributed by atoms with Crippen LogP contribution in [0.5, 0.6) is 0 Å². The second kappa shape index (κ2) is 8.36. The number of hydrogen-bond donors (Lipinski definition) is 0. The van der Waals surface area contributed by atoms with Crippen LogP contribution in [0.15, 0.2) is 59.1 Å². The minimum atomic E-state index is -0.254. The van der Waals surface area contributed by atoms with Gasteiger partial charge in [-0.15, -0.1) is 0 Å². The van der Waals surface area contributed by atoms with Gasteiger partial charge < -0.3 is 9.47 Å². The van der Waals surface area contributed by atoms with Crippen LogP contribution in [0.1, 0.15) is 36.5 Å². The van der Waals surface area contributed by atoms with Gasteiger partial charge >= 0.3 is 5.97 Å². The summed E-state index contributed by atoms with van der Waals surface area (Å²) in [5.74, 6) is -0.416. The molecule has 0 radical (unpaired) electrons. The zero-order chi connectivity index (χ0) is 19.7. The van der Waals surface area contributed by atoms with Crippen molar-refractivity contribution in [2.45, 2.75) is 43.6 Å². The number of halogens is 1. The molecule has 0 N–H and O–H groups in total. The third kappa shape index (κ3) is 3.76. The van der Waals surface area contributed by atoms with E-state index in [-0.39, 0.29) is 30.1 Å². The van der Waals surface area contributed by atoms with Crippen LogP contribution in [0.4, 0.5) is 0 Å². The molecule has 0 spiro atoms. The maximum atomic E-state index is 12.7. The van der Waals surface area contributed by atoms with Crippen molar-refractivity contribution in [3.8, 4) is 0 Å². The van der Waals surface area contributed by atoms with E-state index in [0.717, 1.165) is 34.9 Å². The molecule has 2 aromatic carbocycles. The number of carbonyl (C=O) groups is 1. The number of carbonyl (C=O) groups excluding carboxylic acids is 1. The number of esters is 1. The van der Waals surface area contributed by atoms with Gasteiger partial charge in [0.2, 0.25) is 0 Å². The van der Waals surface area contributed by atoms with E-state index in [4.69, 9.17) is 9.47 Å². The number of methoxy groups -OCH3 is 1. The summed E-state index contributed by atoms with van der Waals surface area (Å²) in [7, 11) is 3.60. The molecule has 0 aromatic heterocycles. The highest BCUT2D eigenvalue weighted by Gasteiger charge is 2.50. The fourth-order valence-corrected chi connectivity index (χ4v) is 5.06. The summed E-state index contributed by atoms with van der Waals surface area (Å²) in [6, 6.07) is 19.1. The lowest BCUT2D eigenvalue weighted by Crippen LogP contribution is -2.53. The van der Waals surface area contributed by atoms with E-state index in [0.29, 0.717) is 6.04 Å². The quantitative estimate of drug-likeness (QED) is 0.633. The summed E-state index contributed by atoms with van der Waals surface area (Å²) in [4.78, 5) is 15.0. The molecule has 28 heavy (non-hydrogen) atoms. The van der Waals surface area contributed by atoms with E-state index in [2.05, 4.69) is 52.1 Å². The zero-order valence-corrected chi connectivity index (χ0v) is 17.8. The Kier molecular flexibility index (Phi) is 5.85. The van der Waals surface area contributed by atoms with Crippen molar-refractivity contribution in [1.29, 1.82) is 0 Å². The SMILES string of the molecule is COC(=O)[C@@H]1[C@@H](OC(c2ccccc2)c2ccc(Br)cc2)C[C@H]2CC[C@@H]1N2C. The molecule has 2 aliphatic rings. The highest BCUT2D eigenvalue weighted by molar-refractivity contribution is 9.10. The van der Waals surface area contributed by atoms with Crippen molar-refractivity contribution in [3.05, 3.63) is 70.2 Å². The molecule has 2 aliphatic heterocycles. The predicted molar refractivity (Wildman–Crippen MR) is 112 cm³/mol. The molecule has 2 aromatic rings. The molecule has 5 atom stereocenters. The maximum absolute atomic E-state index is 12.7. The standard InChI is InChI=1S/C23H26BrNO3/c1-25-18-12-13-19(25)21(23(26)27-2)20(14-18)28-22(15-6-4-3-5-7-15)16-8-10-17(24)11-9-16/h3-11,18-22H,12-14H2,1-2H3/t18-,19+,20+,21+,22?/m1/s1. The fourth-order valence-electron chi connectivity index (χ4n) is 4.80. The minimum Gasteiger partial charge on any atom is -0.469 e. The second-order valence-electron chi connectivity index (χ2n) is 7.77. The topological polar surface area (TPSA) is 38.8 Å². The Hall–Kier alpha value is -1.69. The van der Waals surface area contributed by atoms with Gasteiger partial charge in [-0.1, -0.05) is 58.4 Å². The van der Waals surface area contributed by atoms with Crippen molar-refractivity contribution in [3.63, 3.8) is 0 Å². The Morgan fingerprint density at radius 3 is 2.43 bits per heavy atom. The van der Waals surface area contributed by atoms with Gasteiger partial charge in [0.05, 0.1) is 19.1 Å². The first-order valence-corrected chi connectivity index (χ1v) is 10.6. The van der Waals surface area contributed by atoms with Crippen LogP contribution < -0.4 is 0 Å². The molecule has 0 aliphatic carbocycles. The molecule has 4 nitrogen and oxygen atoms in total. The lowest BCUT2D eigenvalue weighted by Gasteiger charge is -2.42. The van der Waals surface area contributed by atoms with Crippen molar-refractivity contribution in [2.24, 2.45) is 5.92 Å². The normalized spacial score (nSPS) is 28.1. The van der Waals surface area contributed by atoms with E-state index in [1.165, 1.54) is 7.11 Å². The third-order valence-electron chi connectivity index (χ3n) is 6.27. The lowest BCUT2D eigenvalue weighted by atomic mass is 9.87. The van der Waals surface area contributed by atoms with Crippen molar-refractivity contribution < 1.29 is 14.3 Å². The Bertz CT molecular complexity index is 810. The highest BCUT2D eigenvalue weighted by Crippen LogP contribution is 2.42. The van der Waals surface area contributed by atoms with E-state index in [1.54, 1.807) is 0 Å². The van der Waals surface area contributed by atoms with E-state index in [9.17, 15) is 4.79 Å². The van der Waals surface area contributed by atoms with Crippen LogP contribution in [-0.2, 0) is 14.3 Å². The number of fused-ring (bicyclic) bond motifs is 2. The molecule has 1 unspecified atom stereocenters. The minimum absolute atomic E-state index is 0.157. The van der Waals surface area contributed by atoms with Gasteiger partial charge in [0.15, 0.2) is 0 Å². The highest BCUT2D eigenvalue weighted by atomic mass is 79.9. The molecule has 0 amide bonds. The average Bonchev–Trinajstić information content (AvgIpc) is 2.96. The Morgan fingerprint density at radius 2 is 1.75 bits per heavy atom. The number of hydrogen-bond acceptors (Lipinski definition) is 4. The largest absolute Gasteiger partial charge is 0.469 e. The first kappa shape index (κ1) is 19.6. The summed E-state index contributed by atoms with van der Waals surface area (Å²) >= 11 is 3.51. The molecule has 0 saturated carbocycles. The number of piperidine rings is 1. The monoisotopic (exact) mass is 443 g/mol. The second-order valence-corrected chi connectivity index (χ2v) is 8.68. The predicted octanol–water partition coefficient (Wildman–Crippen LogP) is 4.58. The van der Waals surface area contributed by atoms with Gasteiger partial charge in [-0.05, 0) is 49.6 Å². The molecule has 2 bridgehead atoms. The van der Waals surface area contributed by atoms with Gasteiger partial charge in [-0.3, -0.25) is 9.69 Å². The summed E-state index contributed by atoms with van der Waals surface area (Å²) < 4.78 is 12.9. The zero-order valence-electron chi connectivity index (χ0n) is 16.3. The Balaban J connectivity index is 1.67. The first-order valence-electron chi connectivity index (χ1n) is 9.84. The van der Waals surface area contributed by atoms with Crippen molar-refractivity contribution >= 4 is 21.9 Å². The van der Waals surface area contributed by atoms with Gasteiger partial charge in [-0.2, -0.15) is 0 Å². The molecule has 2 fully saturated rings. The Labute approximate surface area is 175 Å². The summed E-state index contributed by atoms with van der Waals surface area (Å²) in [6.45, 7) is 0. The van der Waals surface area contributed by atoms with Gasteiger partial charge in [-0.25, -0.2) is 0 Å². The van der Waals surface area contributed by atoms with Crippen LogP contribution in [-0.4, -0.2) is 43.2 Å². The van der Waals surface area contributed by atoms with Crippen LogP contribution in [0, 0.1) is 5.92 Å². The molecular formula is C23H26BrNO3. The summed E-state index contributed by atoms with van der Waals surface area (Å²) in [5, 5.41) is 0. The number of nitrogens with zero attached hydrogens (tertiary/aromatic N) is 1. The number of benzene rings is 2. The fraction of sp³-hybridized carbons (Fsp3) is 0.435. The summed E-state index contributed by atoms with van der Waals surface area (Å²) in [5.41, 5.74) is 2.18. The van der Waals surface area contributed by atoms with Crippen molar-refractivity contribution in [1.82, 2.24) is 4.90 Å². The molecule has 2 saturated heterocycles. The van der Waals surface area contributed by atoms with E-state index in [1.807, 2.05) is 30.3 Å². The molecule has 4 rings (SSSR count). The smallest absolute Gasteiger partial charge is 0.312 e. The Morgan fingerprint density at radius 1 is 1.07 bits per heavy atom. The van der Waals surface area contributed by atoms with Crippen LogP contribution in [0.3, 0.4) is 0 Å². The van der Waals surface area contributed by atoms with Crippen molar-refractivity contribution in [2.75, 3.05) is 14.2 Å². The number of rotatable bonds is 5. The lowest BCUT2D eigenvalue weighted by molar-refractivity contribution is -0.162. The van der Waals surface area contributed by atoms with Gasteiger partial charge in [0.25, 0.3) is 0 Å². The maximum Gasteiger partial charge on any atom is 0.312 e. The summed E-state index contributed by atoms with van der Waals surface area (Å²) in [6.07, 6.45) is 2.62. The average molecular weight is 444 g/mol. The van der Waals surface area contributed by atoms with Crippen LogP contribution >= 0.6 is 15.9 Å². The first-order chi connectivity index (χ1) is 13.6.